The lowest BCUT2D eigenvalue weighted by molar-refractivity contribution is 0.678. The second-order valence-electron chi connectivity index (χ2n) is 5.79. The van der Waals surface area contributed by atoms with E-state index in [1.807, 2.05) is 40.5 Å². The van der Waals surface area contributed by atoms with E-state index in [1.165, 1.54) is 10.4 Å². The number of hydrogen-bond donors (Lipinski definition) is 1. The Bertz CT molecular complexity index is 1020. The number of benzene rings is 2. The zero-order chi connectivity index (χ0) is 17.2. The second kappa shape index (κ2) is 6.96. The zero-order valence-electron chi connectivity index (χ0n) is 13.6. The predicted molar refractivity (Wildman–Crippen MR) is 106 cm³/mol. The normalized spacial score (nSPS) is 12.5. The van der Waals surface area contributed by atoms with Crippen LogP contribution in [-0.4, -0.2) is 14.7 Å². The fourth-order valence-corrected chi connectivity index (χ4v) is 4.91. The molecule has 3 nitrogen and oxygen atoms in total. The minimum Gasteiger partial charge on any atom is -0.330 e. The molecule has 0 radical (unpaired) electrons. The van der Waals surface area contributed by atoms with Crippen molar-refractivity contribution in [3.8, 4) is 10.4 Å². The van der Waals surface area contributed by atoms with Gasteiger partial charge in [0.25, 0.3) is 0 Å². The molecule has 0 spiro atoms. The van der Waals surface area contributed by atoms with E-state index < -0.39 is 11.0 Å². The molecule has 0 bridgehead atoms. The Balaban J connectivity index is 1.87. The summed E-state index contributed by atoms with van der Waals surface area (Å²) in [5.74, 6) is 0. The maximum Gasteiger partial charge on any atom is 0.157 e. The van der Waals surface area contributed by atoms with E-state index >= 15 is 0 Å². The molecule has 0 aliphatic carbocycles. The quantitative estimate of drug-likeness (QED) is 0.567. The topological polar surface area (TPSA) is 48.0 Å². The molecular formula is C20H18N2OS2. The molecule has 0 saturated heterocycles. The molecule has 0 aliphatic heterocycles. The van der Waals surface area contributed by atoms with Gasteiger partial charge >= 0.3 is 0 Å². The third kappa shape index (κ3) is 3.06. The van der Waals surface area contributed by atoms with Gasteiger partial charge in [0.05, 0.1) is 10.4 Å². The fourth-order valence-electron chi connectivity index (χ4n) is 3.00. The Morgan fingerprint density at radius 3 is 2.60 bits per heavy atom. The first-order chi connectivity index (χ1) is 12.3. The molecule has 2 N–H and O–H groups in total. The second-order valence-corrected chi connectivity index (χ2v) is 8.10. The molecule has 126 valence electrons. The maximum atomic E-state index is 13.0. The molecule has 0 aliphatic rings. The Morgan fingerprint density at radius 1 is 1.04 bits per heavy atom. The number of aromatic nitrogens is 1. The first-order valence-electron chi connectivity index (χ1n) is 8.13. The van der Waals surface area contributed by atoms with Crippen LogP contribution in [0.1, 0.15) is 5.56 Å². The van der Waals surface area contributed by atoms with E-state index in [4.69, 9.17) is 5.73 Å². The first-order valence-corrected chi connectivity index (χ1v) is 10.1. The zero-order valence-corrected chi connectivity index (χ0v) is 15.2. The minimum atomic E-state index is -1.27. The molecule has 1 unspecified atom stereocenters. The highest BCUT2D eigenvalue weighted by molar-refractivity contribution is 7.83. The lowest BCUT2D eigenvalue weighted by Crippen LogP contribution is -2.04. The molecule has 2 aromatic carbocycles. The van der Waals surface area contributed by atoms with E-state index in [9.17, 15) is 4.21 Å². The summed E-state index contributed by atoms with van der Waals surface area (Å²) in [7, 11) is -1.27. The monoisotopic (exact) mass is 366 g/mol. The van der Waals surface area contributed by atoms with E-state index in [1.54, 1.807) is 11.3 Å². The molecule has 0 fully saturated rings. The number of hydrogen-bond acceptors (Lipinski definition) is 3. The SMILES string of the molecule is NCCc1cn(S(=O)c2ccccc2)c2ccc(-c3cccs3)cc12. The fraction of sp³-hybridized carbons (Fsp3) is 0.100. The Morgan fingerprint density at radius 2 is 1.88 bits per heavy atom. The summed E-state index contributed by atoms with van der Waals surface area (Å²) in [5.41, 5.74) is 9.10. The Kier molecular flexibility index (Phi) is 4.53. The van der Waals surface area contributed by atoms with Crippen LogP contribution in [-0.2, 0) is 17.4 Å². The highest BCUT2D eigenvalue weighted by Crippen LogP contribution is 2.31. The van der Waals surface area contributed by atoms with Crippen LogP contribution in [0.4, 0.5) is 0 Å². The summed E-state index contributed by atoms with van der Waals surface area (Å²) in [6.45, 7) is 0.570. The highest BCUT2D eigenvalue weighted by Gasteiger charge is 2.15. The molecule has 2 aromatic heterocycles. The summed E-state index contributed by atoms with van der Waals surface area (Å²) in [4.78, 5) is 2.03. The van der Waals surface area contributed by atoms with Crippen molar-refractivity contribution >= 4 is 33.2 Å². The van der Waals surface area contributed by atoms with Crippen molar-refractivity contribution in [2.24, 2.45) is 5.73 Å². The van der Waals surface area contributed by atoms with Gasteiger partial charge in [-0.3, -0.25) is 3.97 Å². The summed E-state index contributed by atoms with van der Waals surface area (Å²) in [5, 5.41) is 3.20. The molecule has 0 saturated carbocycles. The van der Waals surface area contributed by atoms with E-state index in [2.05, 4.69) is 35.7 Å². The average Bonchev–Trinajstić information content (AvgIpc) is 3.30. The third-order valence-electron chi connectivity index (χ3n) is 4.20. The average molecular weight is 367 g/mol. The van der Waals surface area contributed by atoms with Crippen molar-refractivity contribution in [2.75, 3.05) is 6.54 Å². The van der Waals surface area contributed by atoms with Crippen LogP contribution in [0.25, 0.3) is 21.3 Å². The molecule has 1 atom stereocenters. The number of nitrogens with two attached hydrogens (primary N) is 1. The maximum absolute atomic E-state index is 13.0. The number of rotatable bonds is 5. The van der Waals surface area contributed by atoms with E-state index in [0.29, 0.717) is 6.54 Å². The van der Waals surface area contributed by atoms with Crippen LogP contribution in [0.3, 0.4) is 0 Å². The largest absolute Gasteiger partial charge is 0.330 e. The van der Waals surface area contributed by atoms with Gasteiger partial charge in [0.2, 0.25) is 0 Å². The van der Waals surface area contributed by atoms with Gasteiger partial charge in [-0.05, 0) is 59.8 Å². The Labute approximate surface area is 153 Å². The third-order valence-corrected chi connectivity index (χ3v) is 6.45. The van der Waals surface area contributed by atoms with Crippen molar-refractivity contribution in [3.63, 3.8) is 0 Å². The molecule has 0 amide bonds. The molecule has 2 heterocycles. The van der Waals surface area contributed by atoms with Crippen molar-refractivity contribution in [2.45, 2.75) is 11.3 Å². The summed E-state index contributed by atoms with van der Waals surface area (Å²) >= 11 is 1.72. The molecule has 4 aromatic rings. The lowest BCUT2D eigenvalue weighted by atomic mass is 10.1. The molecule has 25 heavy (non-hydrogen) atoms. The first kappa shape index (κ1) is 16.3. The number of nitrogens with zero attached hydrogens (tertiary/aromatic N) is 1. The minimum absolute atomic E-state index is 0.570. The van der Waals surface area contributed by atoms with Crippen LogP contribution in [0, 0.1) is 0 Å². The summed E-state index contributed by atoms with van der Waals surface area (Å²) < 4.78 is 14.9. The Hall–Kier alpha value is -2.21. The van der Waals surface area contributed by atoms with E-state index in [0.717, 1.165) is 27.8 Å². The summed E-state index contributed by atoms with van der Waals surface area (Å²) in [6.07, 6.45) is 2.75. The van der Waals surface area contributed by atoms with Crippen LogP contribution >= 0.6 is 11.3 Å². The predicted octanol–water partition coefficient (Wildman–Crippen LogP) is 4.44. The standard InChI is InChI=1S/C20H18N2OS2/c21-11-10-16-14-22(25(23)17-5-2-1-3-6-17)19-9-8-15(13-18(16)19)20-7-4-12-24-20/h1-9,12-14H,10-11,21H2. The van der Waals surface area contributed by atoms with Gasteiger partial charge in [-0.1, -0.05) is 30.3 Å². The van der Waals surface area contributed by atoms with Crippen molar-refractivity contribution in [1.82, 2.24) is 3.97 Å². The van der Waals surface area contributed by atoms with Gasteiger partial charge in [-0.2, -0.15) is 0 Å². The molecular weight excluding hydrogens is 348 g/mol. The van der Waals surface area contributed by atoms with E-state index in [-0.39, 0.29) is 0 Å². The van der Waals surface area contributed by atoms with Crippen molar-refractivity contribution in [1.29, 1.82) is 0 Å². The van der Waals surface area contributed by atoms with Gasteiger partial charge in [0, 0.05) is 16.5 Å². The molecule has 4 rings (SSSR count). The van der Waals surface area contributed by atoms with Crippen molar-refractivity contribution < 1.29 is 4.21 Å². The highest BCUT2D eigenvalue weighted by atomic mass is 32.2. The van der Waals surface area contributed by atoms with Gasteiger partial charge in [-0.25, -0.2) is 4.21 Å². The van der Waals surface area contributed by atoms with Crippen LogP contribution in [0.2, 0.25) is 0 Å². The van der Waals surface area contributed by atoms with Crippen LogP contribution < -0.4 is 5.73 Å². The number of thiophene rings is 1. The lowest BCUT2D eigenvalue weighted by Gasteiger charge is -2.06. The summed E-state index contributed by atoms with van der Waals surface area (Å²) in [6, 6.07) is 20.1. The molecule has 5 heteroatoms. The van der Waals surface area contributed by atoms with Gasteiger partial charge in [0.1, 0.15) is 0 Å². The number of fused-ring (bicyclic) bond motifs is 1. The van der Waals surface area contributed by atoms with Crippen LogP contribution in [0.5, 0.6) is 0 Å². The van der Waals surface area contributed by atoms with Crippen molar-refractivity contribution in [3.05, 3.63) is 77.8 Å². The van der Waals surface area contributed by atoms with Gasteiger partial charge in [-0.15, -0.1) is 11.3 Å². The van der Waals surface area contributed by atoms with Gasteiger partial charge in [0.15, 0.2) is 11.0 Å². The van der Waals surface area contributed by atoms with Crippen LogP contribution in [0.15, 0.2) is 77.1 Å². The smallest absolute Gasteiger partial charge is 0.157 e. The van der Waals surface area contributed by atoms with Gasteiger partial charge < -0.3 is 5.73 Å².